The zero-order valence-corrected chi connectivity index (χ0v) is 9.49. The van der Waals surface area contributed by atoms with E-state index >= 15 is 0 Å². The number of nitrogens with one attached hydrogen (secondary N) is 1. The molecule has 16 heavy (non-hydrogen) atoms. The molecule has 1 fully saturated rings. The standard InChI is InChI=1S/C12H17N3O/c1-14-11-6-5-9(8-10(11)13)15-7-3-2-4-12(15)16/h5-6,8,14H,2-4,7,13H2,1H3. The molecule has 2 rings (SSSR count). The third-order valence-electron chi connectivity index (χ3n) is 2.94. The quantitative estimate of drug-likeness (QED) is 0.746. The van der Waals surface area contributed by atoms with Crippen LogP contribution in [-0.4, -0.2) is 19.5 Å². The van der Waals surface area contributed by atoms with Gasteiger partial charge in [0, 0.05) is 25.7 Å². The summed E-state index contributed by atoms with van der Waals surface area (Å²) in [6, 6.07) is 5.70. The highest BCUT2D eigenvalue weighted by Crippen LogP contribution is 2.27. The molecule has 0 spiro atoms. The second-order valence-corrected chi connectivity index (χ2v) is 4.02. The molecule has 0 atom stereocenters. The van der Waals surface area contributed by atoms with Gasteiger partial charge in [-0.05, 0) is 31.0 Å². The predicted molar refractivity (Wildman–Crippen MR) is 66.6 cm³/mol. The van der Waals surface area contributed by atoms with Gasteiger partial charge in [-0.25, -0.2) is 0 Å². The number of carbonyl (C=O) groups excluding carboxylic acids is 1. The zero-order valence-electron chi connectivity index (χ0n) is 9.49. The van der Waals surface area contributed by atoms with Crippen LogP contribution in [0.5, 0.6) is 0 Å². The lowest BCUT2D eigenvalue weighted by molar-refractivity contribution is -0.119. The van der Waals surface area contributed by atoms with Gasteiger partial charge < -0.3 is 16.0 Å². The molecule has 0 aliphatic carbocycles. The highest BCUT2D eigenvalue weighted by atomic mass is 16.2. The largest absolute Gasteiger partial charge is 0.397 e. The van der Waals surface area contributed by atoms with Gasteiger partial charge in [0.05, 0.1) is 11.4 Å². The van der Waals surface area contributed by atoms with Crippen molar-refractivity contribution in [2.24, 2.45) is 0 Å². The topological polar surface area (TPSA) is 58.4 Å². The monoisotopic (exact) mass is 219 g/mol. The van der Waals surface area contributed by atoms with E-state index in [1.165, 1.54) is 0 Å². The van der Waals surface area contributed by atoms with Gasteiger partial charge >= 0.3 is 0 Å². The third kappa shape index (κ3) is 1.96. The number of amides is 1. The van der Waals surface area contributed by atoms with Gasteiger partial charge in [0.15, 0.2) is 0 Å². The molecule has 1 amide bonds. The number of hydrogen-bond acceptors (Lipinski definition) is 3. The van der Waals surface area contributed by atoms with Gasteiger partial charge in [-0.3, -0.25) is 4.79 Å². The fourth-order valence-electron chi connectivity index (χ4n) is 2.02. The Morgan fingerprint density at radius 2 is 2.19 bits per heavy atom. The van der Waals surface area contributed by atoms with Crippen LogP contribution < -0.4 is 16.0 Å². The van der Waals surface area contributed by atoms with Crippen molar-refractivity contribution in [3.05, 3.63) is 18.2 Å². The summed E-state index contributed by atoms with van der Waals surface area (Å²) >= 11 is 0. The molecule has 1 saturated heterocycles. The molecule has 1 heterocycles. The van der Waals surface area contributed by atoms with Crippen LogP contribution in [0.2, 0.25) is 0 Å². The van der Waals surface area contributed by atoms with E-state index in [0.717, 1.165) is 30.8 Å². The maximum absolute atomic E-state index is 11.7. The highest BCUT2D eigenvalue weighted by Gasteiger charge is 2.19. The second-order valence-electron chi connectivity index (χ2n) is 4.02. The summed E-state index contributed by atoms with van der Waals surface area (Å²) in [5.41, 5.74) is 8.36. The van der Waals surface area contributed by atoms with Crippen molar-refractivity contribution in [3.8, 4) is 0 Å². The number of nitrogens with two attached hydrogens (primary N) is 1. The van der Waals surface area contributed by atoms with Crippen LogP contribution >= 0.6 is 0 Å². The first-order valence-electron chi connectivity index (χ1n) is 5.60. The van der Waals surface area contributed by atoms with Crippen molar-refractivity contribution in [1.29, 1.82) is 0 Å². The number of nitrogen functional groups attached to an aromatic ring is 1. The molecule has 0 saturated carbocycles. The van der Waals surface area contributed by atoms with E-state index in [4.69, 9.17) is 5.73 Å². The molecular weight excluding hydrogens is 202 g/mol. The number of piperidine rings is 1. The van der Waals surface area contributed by atoms with E-state index in [9.17, 15) is 4.79 Å². The maximum Gasteiger partial charge on any atom is 0.226 e. The lowest BCUT2D eigenvalue weighted by Crippen LogP contribution is -2.35. The molecule has 0 aromatic heterocycles. The Morgan fingerprint density at radius 1 is 1.38 bits per heavy atom. The lowest BCUT2D eigenvalue weighted by atomic mass is 10.1. The Kier molecular flexibility index (Phi) is 2.99. The molecule has 0 unspecified atom stereocenters. The van der Waals surface area contributed by atoms with Crippen molar-refractivity contribution < 1.29 is 4.79 Å². The number of rotatable bonds is 2. The van der Waals surface area contributed by atoms with Crippen LogP contribution in [0.3, 0.4) is 0 Å². The van der Waals surface area contributed by atoms with E-state index in [-0.39, 0.29) is 5.91 Å². The first kappa shape index (κ1) is 10.8. The number of anilines is 3. The van der Waals surface area contributed by atoms with E-state index in [1.54, 1.807) is 0 Å². The molecule has 1 aromatic rings. The van der Waals surface area contributed by atoms with Crippen LogP contribution in [0.25, 0.3) is 0 Å². The predicted octanol–water partition coefficient (Wildman–Crippen LogP) is 1.83. The molecule has 0 radical (unpaired) electrons. The number of carbonyl (C=O) groups is 1. The Labute approximate surface area is 95.4 Å². The number of hydrogen-bond donors (Lipinski definition) is 2. The van der Waals surface area contributed by atoms with Crippen molar-refractivity contribution in [2.45, 2.75) is 19.3 Å². The fourth-order valence-corrected chi connectivity index (χ4v) is 2.02. The first-order valence-corrected chi connectivity index (χ1v) is 5.60. The van der Waals surface area contributed by atoms with Gasteiger partial charge in [-0.1, -0.05) is 0 Å². The van der Waals surface area contributed by atoms with Crippen molar-refractivity contribution in [3.63, 3.8) is 0 Å². The zero-order chi connectivity index (χ0) is 11.5. The van der Waals surface area contributed by atoms with E-state index in [1.807, 2.05) is 30.1 Å². The first-order chi connectivity index (χ1) is 7.72. The summed E-state index contributed by atoms with van der Waals surface area (Å²) in [7, 11) is 1.83. The fraction of sp³-hybridized carbons (Fsp3) is 0.417. The molecule has 1 aromatic carbocycles. The molecule has 86 valence electrons. The number of nitrogens with zero attached hydrogens (tertiary/aromatic N) is 1. The molecule has 3 N–H and O–H groups in total. The van der Waals surface area contributed by atoms with Gasteiger partial charge in [0.25, 0.3) is 0 Å². The van der Waals surface area contributed by atoms with Crippen molar-refractivity contribution in [2.75, 3.05) is 29.5 Å². The highest BCUT2D eigenvalue weighted by molar-refractivity contribution is 5.95. The second kappa shape index (κ2) is 4.43. The number of benzene rings is 1. The third-order valence-corrected chi connectivity index (χ3v) is 2.94. The van der Waals surface area contributed by atoms with Gasteiger partial charge in [0.1, 0.15) is 0 Å². The molecule has 4 heteroatoms. The van der Waals surface area contributed by atoms with Crippen LogP contribution in [0.15, 0.2) is 18.2 Å². The Hall–Kier alpha value is -1.71. The van der Waals surface area contributed by atoms with Crippen molar-refractivity contribution >= 4 is 23.0 Å². The van der Waals surface area contributed by atoms with Crippen molar-refractivity contribution in [1.82, 2.24) is 0 Å². The Balaban J connectivity index is 2.26. The summed E-state index contributed by atoms with van der Waals surface area (Å²) in [6.45, 7) is 0.803. The van der Waals surface area contributed by atoms with Gasteiger partial charge in [-0.2, -0.15) is 0 Å². The minimum Gasteiger partial charge on any atom is -0.397 e. The molecule has 1 aliphatic rings. The minimum atomic E-state index is 0.197. The maximum atomic E-state index is 11.7. The average Bonchev–Trinajstić information content (AvgIpc) is 2.29. The summed E-state index contributed by atoms with van der Waals surface area (Å²) in [5, 5.41) is 3.01. The van der Waals surface area contributed by atoms with Crippen LogP contribution in [-0.2, 0) is 4.79 Å². The van der Waals surface area contributed by atoms with Gasteiger partial charge in [0.2, 0.25) is 5.91 Å². The Morgan fingerprint density at radius 3 is 2.81 bits per heavy atom. The molecular formula is C12H17N3O. The average molecular weight is 219 g/mol. The van der Waals surface area contributed by atoms with E-state index in [0.29, 0.717) is 12.1 Å². The summed E-state index contributed by atoms with van der Waals surface area (Å²) < 4.78 is 0. The summed E-state index contributed by atoms with van der Waals surface area (Å²) in [6.07, 6.45) is 2.71. The smallest absolute Gasteiger partial charge is 0.226 e. The van der Waals surface area contributed by atoms with Crippen LogP contribution in [0, 0.1) is 0 Å². The normalized spacial score (nSPS) is 16.3. The van der Waals surface area contributed by atoms with Crippen LogP contribution in [0.4, 0.5) is 17.1 Å². The van der Waals surface area contributed by atoms with E-state index < -0.39 is 0 Å². The molecule has 0 bridgehead atoms. The molecule has 4 nitrogen and oxygen atoms in total. The van der Waals surface area contributed by atoms with E-state index in [2.05, 4.69) is 5.32 Å². The summed E-state index contributed by atoms with van der Waals surface area (Å²) in [5.74, 6) is 0.197. The molecule has 1 aliphatic heterocycles. The summed E-state index contributed by atoms with van der Waals surface area (Å²) in [4.78, 5) is 13.5. The Bertz CT molecular complexity index is 403. The van der Waals surface area contributed by atoms with Crippen LogP contribution in [0.1, 0.15) is 19.3 Å². The van der Waals surface area contributed by atoms with Gasteiger partial charge in [-0.15, -0.1) is 0 Å². The SMILES string of the molecule is CNc1ccc(N2CCCCC2=O)cc1N. The minimum absolute atomic E-state index is 0.197. The lowest BCUT2D eigenvalue weighted by Gasteiger charge is -2.27.